The van der Waals surface area contributed by atoms with E-state index in [0.717, 1.165) is 12.8 Å². The van der Waals surface area contributed by atoms with Crippen molar-refractivity contribution in [3.8, 4) is 23.1 Å². The van der Waals surface area contributed by atoms with Gasteiger partial charge < -0.3 is 24.1 Å². The van der Waals surface area contributed by atoms with Crippen LogP contribution in [-0.2, 0) is 22.1 Å². The van der Waals surface area contributed by atoms with Crippen LogP contribution in [0.1, 0.15) is 86.6 Å². The number of nitrogens with zero attached hydrogens (tertiary/aromatic N) is 3. The Kier molecular flexibility index (Phi) is 6.99. The molecule has 2 aromatic heterocycles. The van der Waals surface area contributed by atoms with Gasteiger partial charge in [-0.2, -0.15) is 18.3 Å². The summed E-state index contributed by atoms with van der Waals surface area (Å²) in [5.41, 5.74) is -1.05. The van der Waals surface area contributed by atoms with Gasteiger partial charge in [-0.3, -0.25) is 4.79 Å². The van der Waals surface area contributed by atoms with Gasteiger partial charge in [-0.05, 0) is 88.0 Å². The van der Waals surface area contributed by atoms with E-state index in [1.165, 1.54) is 41.2 Å². The molecule has 3 aromatic rings. The second-order valence-corrected chi connectivity index (χ2v) is 12.3. The minimum absolute atomic E-state index is 0.0360. The van der Waals surface area contributed by atoms with Crippen LogP contribution in [0.25, 0.3) is 5.69 Å². The second-order valence-electron chi connectivity index (χ2n) is 12.3. The van der Waals surface area contributed by atoms with Crippen molar-refractivity contribution in [3.05, 3.63) is 59.0 Å². The molecule has 14 heteroatoms. The summed E-state index contributed by atoms with van der Waals surface area (Å²) in [6.07, 6.45) is -5.11. The van der Waals surface area contributed by atoms with Gasteiger partial charge in [-0.15, -0.1) is 8.78 Å². The SMILES string of the molecule is C[C@H](Oc1cc(-n2nc(C(F)(F)F)c3c2[C@H](OC2CC4CCC2(C(=O)O)CC4)CCC3)ccn1)c1ccc2c(c1)OC(F)(F)O2. The highest BCUT2D eigenvalue weighted by molar-refractivity contribution is 5.76. The zero-order chi connectivity index (χ0) is 31.7. The Morgan fingerprint density at radius 3 is 2.60 bits per heavy atom. The van der Waals surface area contributed by atoms with Gasteiger partial charge in [0.2, 0.25) is 5.88 Å². The van der Waals surface area contributed by atoms with Gasteiger partial charge in [0.1, 0.15) is 12.2 Å². The van der Waals surface area contributed by atoms with Gasteiger partial charge in [-0.1, -0.05) is 6.07 Å². The number of carbonyl (C=O) groups is 1. The minimum Gasteiger partial charge on any atom is -0.481 e. The summed E-state index contributed by atoms with van der Waals surface area (Å²) >= 11 is 0. The summed E-state index contributed by atoms with van der Waals surface area (Å²) in [5, 5.41) is 14.2. The topological polar surface area (TPSA) is 105 Å². The minimum atomic E-state index is -4.72. The van der Waals surface area contributed by atoms with E-state index in [1.54, 1.807) is 6.92 Å². The molecule has 0 radical (unpaired) electrons. The van der Waals surface area contributed by atoms with Crippen molar-refractivity contribution < 1.29 is 50.8 Å². The Morgan fingerprint density at radius 2 is 1.87 bits per heavy atom. The van der Waals surface area contributed by atoms with E-state index in [9.17, 15) is 31.9 Å². The van der Waals surface area contributed by atoms with Gasteiger partial charge in [-0.25, -0.2) is 9.67 Å². The normalized spacial score (nSPS) is 27.2. The summed E-state index contributed by atoms with van der Waals surface area (Å²) in [6.45, 7) is 1.65. The predicted molar refractivity (Wildman–Crippen MR) is 145 cm³/mol. The second kappa shape index (κ2) is 10.6. The molecule has 2 bridgehead atoms. The molecular weight excluding hydrogens is 605 g/mol. The van der Waals surface area contributed by atoms with Crippen LogP contribution < -0.4 is 14.2 Å². The lowest BCUT2D eigenvalue weighted by Gasteiger charge is -2.50. The standard InChI is InChI=1S/C31H30F5N3O6/c1-16(18-5-6-21-23(14-18)45-31(35,36)44-21)42-25-15-19(9-12-37-25)39-26-20(27(38-39)30(32,33)34)3-2-4-22(26)43-24-13-17-7-10-29(24,11-8-17)28(40)41/h5-6,9,12,14-17,22,24H,2-4,7-8,10-11,13H2,1H3,(H,40,41)/t16-,17?,22+,24?,29?/m0/s1. The van der Waals surface area contributed by atoms with Crippen molar-refractivity contribution in [1.82, 2.24) is 14.8 Å². The maximum atomic E-state index is 14.3. The average Bonchev–Trinajstić information content (AvgIpc) is 3.54. The molecule has 4 aliphatic carbocycles. The van der Waals surface area contributed by atoms with Crippen LogP contribution in [0.4, 0.5) is 22.0 Å². The molecule has 9 nitrogen and oxygen atoms in total. The molecule has 5 aliphatic rings. The number of hydrogen-bond donors (Lipinski definition) is 1. The Balaban J connectivity index is 1.20. The number of fused-ring (bicyclic) bond motifs is 5. The number of pyridine rings is 1. The van der Waals surface area contributed by atoms with Gasteiger partial charge in [0.25, 0.3) is 0 Å². The summed E-state index contributed by atoms with van der Waals surface area (Å²) in [6, 6.07) is 7.16. The molecule has 8 rings (SSSR count). The van der Waals surface area contributed by atoms with Crippen LogP contribution in [0.5, 0.6) is 17.4 Å². The van der Waals surface area contributed by atoms with Crippen LogP contribution in [0.15, 0.2) is 36.5 Å². The molecule has 1 aliphatic heterocycles. The van der Waals surface area contributed by atoms with Crippen molar-refractivity contribution in [2.45, 2.75) is 89.1 Å². The number of halogens is 5. The molecule has 45 heavy (non-hydrogen) atoms. The van der Waals surface area contributed by atoms with Gasteiger partial charge in [0.05, 0.1) is 22.9 Å². The van der Waals surface area contributed by atoms with Crippen molar-refractivity contribution in [2.75, 3.05) is 0 Å². The highest BCUT2D eigenvalue weighted by Crippen LogP contribution is 2.54. The Morgan fingerprint density at radius 1 is 1.11 bits per heavy atom. The van der Waals surface area contributed by atoms with E-state index in [-0.39, 0.29) is 40.7 Å². The number of benzene rings is 1. The first-order valence-corrected chi connectivity index (χ1v) is 14.9. The van der Waals surface area contributed by atoms with Crippen LogP contribution >= 0.6 is 0 Å². The third-order valence-electron chi connectivity index (χ3n) is 9.56. The predicted octanol–water partition coefficient (Wildman–Crippen LogP) is 7.18. The molecule has 1 N–H and O–H groups in total. The number of alkyl halides is 5. The third kappa shape index (κ3) is 5.26. The third-order valence-corrected chi connectivity index (χ3v) is 9.56. The molecule has 0 spiro atoms. The fourth-order valence-electron chi connectivity index (χ4n) is 7.28. The smallest absolute Gasteiger partial charge is 0.481 e. The van der Waals surface area contributed by atoms with Crippen LogP contribution in [0.2, 0.25) is 0 Å². The first-order chi connectivity index (χ1) is 21.3. The molecule has 3 fully saturated rings. The molecule has 1 aromatic carbocycles. The van der Waals surface area contributed by atoms with E-state index in [0.29, 0.717) is 43.6 Å². The fraction of sp³-hybridized carbons (Fsp3) is 0.516. The lowest BCUT2D eigenvalue weighted by molar-refractivity contribution is -0.286. The van der Waals surface area contributed by atoms with E-state index >= 15 is 0 Å². The number of hydrogen-bond acceptors (Lipinski definition) is 7. The average molecular weight is 636 g/mol. The molecule has 3 atom stereocenters. The Bertz CT molecular complexity index is 1630. The van der Waals surface area contributed by atoms with E-state index < -0.39 is 47.9 Å². The summed E-state index contributed by atoms with van der Waals surface area (Å²) < 4.78 is 92.4. The summed E-state index contributed by atoms with van der Waals surface area (Å²) in [4.78, 5) is 16.7. The molecule has 240 valence electrons. The van der Waals surface area contributed by atoms with Crippen molar-refractivity contribution in [3.63, 3.8) is 0 Å². The highest BCUT2D eigenvalue weighted by Gasteiger charge is 2.55. The van der Waals surface area contributed by atoms with E-state index in [2.05, 4.69) is 19.6 Å². The van der Waals surface area contributed by atoms with E-state index in [4.69, 9.17) is 9.47 Å². The van der Waals surface area contributed by atoms with E-state index in [1.807, 2.05) is 0 Å². The molecule has 1 unspecified atom stereocenters. The molecular formula is C31H30F5N3O6. The summed E-state index contributed by atoms with van der Waals surface area (Å²) in [7, 11) is 0. The van der Waals surface area contributed by atoms with Gasteiger partial charge in [0, 0.05) is 17.8 Å². The number of aromatic nitrogens is 3. The van der Waals surface area contributed by atoms with Crippen molar-refractivity contribution in [1.29, 1.82) is 0 Å². The van der Waals surface area contributed by atoms with Gasteiger partial charge in [0.15, 0.2) is 17.2 Å². The Labute approximate surface area is 254 Å². The highest BCUT2D eigenvalue weighted by atomic mass is 19.4. The number of rotatable bonds is 7. The molecule has 0 amide bonds. The monoisotopic (exact) mass is 635 g/mol. The quantitative estimate of drug-likeness (QED) is 0.273. The largest absolute Gasteiger partial charge is 0.586 e. The van der Waals surface area contributed by atoms with Gasteiger partial charge >= 0.3 is 18.4 Å². The van der Waals surface area contributed by atoms with Crippen LogP contribution in [-0.4, -0.2) is 38.2 Å². The van der Waals surface area contributed by atoms with Crippen LogP contribution in [0, 0.1) is 11.3 Å². The first kappa shape index (κ1) is 29.8. The van der Waals surface area contributed by atoms with Crippen molar-refractivity contribution in [2.24, 2.45) is 11.3 Å². The first-order valence-electron chi connectivity index (χ1n) is 14.9. The number of aliphatic carboxylic acids is 1. The Hall–Kier alpha value is -3.94. The zero-order valence-electron chi connectivity index (χ0n) is 24.2. The zero-order valence-corrected chi connectivity index (χ0v) is 24.2. The van der Waals surface area contributed by atoms with Crippen LogP contribution in [0.3, 0.4) is 0 Å². The maximum absolute atomic E-state index is 14.3. The molecule has 0 saturated heterocycles. The maximum Gasteiger partial charge on any atom is 0.586 e. The van der Waals surface area contributed by atoms with Crippen molar-refractivity contribution >= 4 is 5.97 Å². The summed E-state index contributed by atoms with van der Waals surface area (Å²) in [5.74, 6) is -0.805. The molecule has 3 heterocycles. The lowest BCUT2D eigenvalue weighted by atomic mass is 9.59. The number of carboxylic acids is 1. The molecule has 3 saturated carbocycles. The number of carboxylic acid groups (broad SMARTS) is 1. The lowest BCUT2D eigenvalue weighted by Crippen LogP contribution is -2.52. The fourth-order valence-corrected chi connectivity index (χ4v) is 7.28. The number of ether oxygens (including phenoxy) is 4.